The van der Waals surface area contributed by atoms with Crippen LogP contribution in [0.3, 0.4) is 0 Å². The second-order valence-electron chi connectivity index (χ2n) is 5.00. The van der Waals surface area contributed by atoms with Crippen molar-refractivity contribution in [1.29, 1.82) is 0 Å². The Morgan fingerprint density at radius 1 is 1.26 bits per heavy atom. The highest BCUT2D eigenvalue weighted by molar-refractivity contribution is 5.94. The average molecular weight is 317 g/mol. The number of amides is 1. The predicted octanol–water partition coefficient (Wildman–Crippen LogP) is 3.35. The van der Waals surface area contributed by atoms with Crippen molar-refractivity contribution in [1.82, 2.24) is 0 Å². The fourth-order valence-electron chi connectivity index (χ4n) is 2.21. The van der Waals surface area contributed by atoms with Crippen LogP contribution in [0.4, 0.5) is 10.1 Å². The number of anilines is 1. The highest BCUT2D eigenvalue weighted by Crippen LogP contribution is 2.34. The summed E-state index contributed by atoms with van der Waals surface area (Å²) in [5.74, 6) is 0.417. The van der Waals surface area contributed by atoms with Crippen LogP contribution in [0.15, 0.2) is 42.5 Å². The molecular formula is C17H16FNO4. The molecule has 0 aromatic heterocycles. The van der Waals surface area contributed by atoms with Gasteiger partial charge in [-0.1, -0.05) is 19.1 Å². The molecule has 5 nitrogen and oxygen atoms in total. The number of ether oxygens (including phenoxy) is 3. The van der Waals surface area contributed by atoms with Crippen LogP contribution in [-0.2, 0) is 4.79 Å². The largest absolute Gasteiger partial charge is 0.478 e. The monoisotopic (exact) mass is 317 g/mol. The molecule has 0 saturated heterocycles. The van der Waals surface area contributed by atoms with E-state index in [1.165, 1.54) is 12.1 Å². The molecule has 6 heteroatoms. The Hall–Kier alpha value is -2.76. The zero-order valence-corrected chi connectivity index (χ0v) is 12.5. The molecule has 1 heterocycles. The van der Waals surface area contributed by atoms with Crippen LogP contribution in [0.1, 0.15) is 13.3 Å². The second kappa shape index (κ2) is 6.56. The third-order valence-electron chi connectivity index (χ3n) is 3.41. The number of fused-ring (bicyclic) bond motifs is 1. The fraction of sp³-hybridized carbons (Fsp3) is 0.235. The van der Waals surface area contributed by atoms with Crippen molar-refractivity contribution in [3.8, 4) is 17.2 Å². The standard InChI is InChI=1S/C17H16FNO4/c1-2-13(23-14-6-4-3-5-12(14)18)17(20)19-11-7-8-15-16(9-11)22-10-21-15/h3-9,13H,2,10H2,1H3,(H,19,20)/t13-/m1/s1. The molecule has 0 aliphatic carbocycles. The lowest BCUT2D eigenvalue weighted by molar-refractivity contribution is -0.122. The fourth-order valence-corrected chi connectivity index (χ4v) is 2.21. The number of para-hydroxylation sites is 1. The molecule has 0 radical (unpaired) electrons. The van der Waals surface area contributed by atoms with Crippen molar-refractivity contribution in [2.24, 2.45) is 0 Å². The first-order valence-corrected chi connectivity index (χ1v) is 7.29. The van der Waals surface area contributed by atoms with Gasteiger partial charge < -0.3 is 19.5 Å². The predicted molar refractivity (Wildman–Crippen MR) is 82.3 cm³/mol. The Labute approximate surface area is 133 Å². The summed E-state index contributed by atoms with van der Waals surface area (Å²) in [6.07, 6.45) is -0.387. The topological polar surface area (TPSA) is 56.8 Å². The minimum absolute atomic E-state index is 0.0557. The van der Waals surface area contributed by atoms with E-state index in [2.05, 4.69) is 5.32 Å². The Bertz CT molecular complexity index is 719. The molecule has 1 atom stereocenters. The van der Waals surface area contributed by atoms with E-state index in [9.17, 15) is 9.18 Å². The van der Waals surface area contributed by atoms with Gasteiger partial charge in [0.15, 0.2) is 29.2 Å². The number of rotatable bonds is 5. The van der Waals surface area contributed by atoms with Crippen LogP contribution >= 0.6 is 0 Å². The van der Waals surface area contributed by atoms with Gasteiger partial charge in [-0.3, -0.25) is 4.79 Å². The third-order valence-corrected chi connectivity index (χ3v) is 3.41. The zero-order chi connectivity index (χ0) is 16.2. The smallest absolute Gasteiger partial charge is 0.265 e. The average Bonchev–Trinajstić information content (AvgIpc) is 3.01. The van der Waals surface area contributed by atoms with Gasteiger partial charge in [0.25, 0.3) is 5.91 Å². The quantitative estimate of drug-likeness (QED) is 0.919. The van der Waals surface area contributed by atoms with Crippen LogP contribution in [0.2, 0.25) is 0 Å². The van der Waals surface area contributed by atoms with E-state index in [4.69, 9.17) is 14.2 Å². The first kappa shape index (κ1) is 15.1. The van der Waals surface area contributed by atoms with E-state index in [1.54, 1.807) is 37.3 Å². The van der Waals surface area contributed by atoms with E-state index in [-0.39, 0.29) is 18.4 Å². The Balaban J connectivity index is 1.69. The van der Waals surface area contributed by atoms with E-state index < -0.39 is 11.9 Å². The van der Waals surface area contributed by atoms with Crippen LogP contribution in [0.5, 0.6) is 17.2 Å². The summed E-state index contributed by atoms with van der Waals surface area (Å²) >= 11 is 0. The summed E-state index contributed by atoms with van der Waals surface area (Å²) in [5, 5.41) is 2.74. The summed E-state index contributed by atoms with van der Waals surface area (Å²) in [6, 6.07) is 11.1. The lowest BCUT2D eigenvalue weighted by Gasteiger charge is -2.17. The number of halogens is 1. The molecule has 0 bridgehead atoms. The number of carbonyl (C=O) groups excluding carboxylic acids is 1. The molecule has 1 N–H and O–H groups in total. The Morgan fingerprint density at radius 3 is 2.83 bits per heavy atom. The van der Waals surface area contributed by atoms with Crippen molar-refractivity contribution in [3.63, 3.8) is 0 Å². The number of hydrogen-bond donors (Lipinski definition) is 1. The van der Waals surface area contributed by atoms with Crippen LogP contribution in [0.25, 0.3) is 0 Å². The molecule has 0 unspecified atom stereocenters. The van der Waals surface area contributed by atoms with Gasteiger partial charge in [-0.05, 0) is 30.7 Å². The van der Waals surface area contributed by atoms with Gasteiger partial charge in [0.1, 0.15) is 0 Å². The normalized spacial score (nSPS) is 13.5. The van der Waals surface area contributed by atoms with Crippen molar-refractivity contribution >= 4 is 11.6 Å². The minimum Gasteiger partial charge on any atom is -0.478 e. The molecule has 1 aliphatic rings. The first-order chi connectivity index (χ1) is 11.2. The van der Waals surface area contributed by atoms with Crippen molar-refractivity contribution < 1.29 is 23.4 Å². The van der Waals surface area contributed by atoms with E-state index >= 15 is 0 Å². The molecule has 0 saturated carbocycles. The number of carbonyl (C=O) groups is 1. The number of nitrogens with one attached hydrogen (secondary N) is 1. The highest BCUT2D eigenvalue weighted by atomic mass is 19.1. The van der Waals surface area contributed by atoms with Gasteiger partial charge >= 0.3 is 0 Å². The Kier molecular flexibility index (Phi) is 4.32. The van der Waals surface area contributed by atoms with Gasteiger partial charge in [-0.25, -0.2) is 4.39 Å². The summed E-state index contributed by atoms with van der Waals surface area (Å²) in [7, 11) is 0. The van der Waals surface area contributed by atoms with Crippen LogP contribution in [-0.4, -0.2) is 18.8 Å². The van der Waals surface area contributed by atoms with E-state index in [0.717, 1.165) is 0 Å². The third kappa shape index (κ3) is 3.36. The molecule has 2 aromatic rings. The van der Waals surface area contributed by atoms with Gasteiger partial charge in [0.05, 0.1) is 0 Å². The molecule has 23 heavy (non-hydrogen) atoms. The molecule has 0 spiro atoms. The molecule has 3 rings (SSSR count). The van der Waals surface area contributed by atoms with Gasteiger partial charge in [-0.2, -0.15) is 0 Å². The van der Waals surface area contributed by atoms with Crippen molar-refractivity contribution in [2.45, 2.75) is 19.4 Å². The van der Waals surface area contributed by atoms with E-state index in [1.807, 2.05) is 0 Å². The summed E-state index contributed by atoms with van der Waals surface area (Å²) in [5.41, 5.74) is 0.565. The first-order valence-electron chi connectivity index (χ1n) is 7.29. The lowest BCUT2D eigenvalue weighted by atomic mass is 10.2. The minimum atomic E-state index is -0.794. The number of benzene rings is 2. The molecule has 1 amide bonds. The van der Waals surface area contributed by atoms with Crippen LogP contribution in [0, 0.1) is 5.82 Å². The van der Waals surface area contributed by atoms with Gasteiger partial charge in [-0.15, -0.1) is 0 Å². The maximum Gasteiger partial charge on any atom is 0.265 e. The summed E-state index contributed by atoms with van der Waals surface area (Å²) in [4.78, 5) is 12.3. The molecular weight excluding hydrogens is 301 g/mol. The van der Waals surface area contributed by atoms with Gasteiger partial charge in [0, 0.05) is 11.8 Å². The number of hydrogen-bond acceptors (Lipinski definition) is 4. The molecule has 1 aliphatic heterocycles. The van der Waals surface area contributed by atoms with Gasteiger partial charge in [0.2, 0.25) is 6.79 Å². The zero-order valence-electron chi connectivity index (χ0n) is 12.5. The van der Waals surface area contributed by atoms with Crippen LogP contribution < -0.4 is 19.5 Å². The summed E-state index contributed by atoms with van der Waals surface area (Å²) in [6.45, 7) is 1.96. The second-order valence-corrected chi connectivity index (χ2v) is 5.00. The highest BCUT2D eigenvalue weighted by Gasteiger charge is 2.21. The SMILES string of the molecule is CC[C@@H](Oc1ccccc1F)C(=O)Nc1ccc2c(c1)OCO2. The maximum absolute atomic E-state index is 13.6. The van der Waals surface area contributed by atoms with Crippen molar-refractivity contribution in [2.75, 3.05) is 12.1 Å². The maximum atomic E-state index is 13.6. The molecule has 120 valence electrons. The Morgan fingerprint density at radius 2 is 2.04 bits per heavy atom. The lowest BCUT2D eigenvalue weighted by Crippen LogP contribution is -2.32. The summed E-state index contributed by atoms with van der Waals surface area (Å²) < 4.78 is 29.6. The molecule has 0 fully saturated rings. The van der Waals surface area contributed by atoms with Crippen molar-refractivity contribution in [3.05, 3.63) is 48.3 Å². The molecule has 2 aromatic carbocycles. The van der Waals surface area contributed by atoms with E-state index in [0.29, 0.717) is 23.6 Å².